The molecular weight excluding hydrogens is 432 g/mol. The molecule has 166 valence electrons. The fourth-order valence-electron chi connectivity index (χ4n) is 4.06. The van der Waals surface area contributed by atoms with Gasteiger partial charge in [0.15, 0.2) is 5.16 Å². The van der Waals surface area contributed by atoms with Gasteiger partial charge in [0.2, 0.25) is 5.78 Å². The highest BCUT2D eigenvalue weighted by molar-refractivity contribution is 7.99. The van der Waals surface area contributed by atoms with Crippen molar-refractivity contribution in [1.82, 2.24) is 19.2 Å². The number of aryl methyl sites for hydroxylation is 1. The molecule has 6 nitrogen and oxygen atoms in total. The lowest BCUT2D eigenvalue weighted by Gasteiger charge is -2.13. The molecule has 5 rings (SSSR count). The zero-order valence-corrected chi connectivity index (χ0v) is 19.2. The highest BCUT2D eigenvalue weighted by Gasteiger charge is 2.17. The Morgan fingerprint density at radius 2 is 1.67 bits per heavy atom. The van der Waals surface area contributed by atoms with Crippen LogP contribution < -0.4 is 10.3 Å². The quantitative estimate of drug-likeness (QED) is 0.247. The van der Waals surface area contributed by atoms with Crippen LogP contribution in [0.3, 0.4) is 0 Å². The van der Waals surface area contributed by atoms with E-state index in [4.69, 9.17) is 4.74 Å². The fraction of sp³-hybridized carbons (Fsp3) is 0.192. The third-order valence-corrected chi connectivity index (χ3v) is 6.70. The van der Waals surface area contributed by atoms with Crippen LogP contribution in [0.4, 0.5) is 0 Å². The van der Waals surface area contributed by atoms with Crippen molar-refractivity contribution in [3.63, 3.8) is 0 Å². The van der Waals surface area contributed by atoms with Crippen molar-refractivity contribution in [2.45, 2.75) is 24.5 Å². The summed E-state index contributed by atoms with van der Waals surface area (Å²) in [5.41, 5.74) is 2.99. The largest absolute Gasteiger partial charge is 0.496 e. The topological polar surface area (TPSA) is 61.4 Å². The van der Waals surface area contributed by atoms with Crippen LogP contribution in [0.25, 0.3) is 16.7 Å². The minimum Gasteiger partial charge on any atom is -0.496 e. The molecule has 5 aromatic rings. The van der Waals surface area contributed by atoms with Crippen molar-refractivity contribution in [1.29, 1.82) is 0 Å². The van der Waals surface area contributed by atoms with Crippen LogP contribution >= 0.6 is 11.8 Å². The first kappa shape index (κ1) is 21.3. The first-order chi connectivity index (χ1) is 16.3. The number of para-hydroxylation sites is 2. The zero-order valence-electron chi connectivity index (χ0n) is 18.3. The minimum atomic E-state index is -0.0861. The molecule has 0 aliphatic carbocycles. The third-order valence-electron chi connectivity index (χ3n) is 5.68. The van der Waals surface area contributed by atoms with Gasteiger partial charge in [0, 0.05) is 11.3 Å². The van der Waals surface area contributed by atoms with E-state index in [0.29, 0.717) is 17.7 Å². The molecule has 0 saturated heterocycles. The number of ether oxygens (including phenoxy) is 1. The molecule has 0 amide bonds. The molecule has 3 aromatic carbocycles. The van der Waals surface area contributed by atoms with E-state index in [1.807, 2.05) is 59.0 Å². The lowest BCUT2D eigenvalue weighted by atomic mass is 10.1. The van der Waals surface area contributed by atoms with Crippen LogP contribution in [0, 0.1) is 0 Å². The molecule has 0 unspecified atom stereocenters. The van der Waals surface area contributed by atoms with E-state index in [-0.39, 0.29) is 5.56 Å². The Bertz CT molecular complexity index is 1460. The van der Waals surface area contributed by atoms with Gasteiger partial charge in [-0.1, -0.05) is 72.4 Å². The number of hydrogen-bond acceptors (Lipinski definition) is 5. The number of benzene rings is 3. The molecule has 0 spiro atoms. The van der Waals surface area contributed by atoms with Gasteiger partial charge in [-0.15, -0.1) is 10.2 Å². The summed E-state index contributed by atoms with van der Waals surface area (Å²) < 4.78 is 9.18. The van der Waals surface area contributed by atoms with Gasteiger partial charge in [0.25, 0.3) is 5.56 Å². The van der Waals surface area contributed by atoms with Gasteiger partial charge in [-0.2, -0.15) is 0 Å². The van der Waals surface area contributed by atoms with Crippen LogP contribution in [0.2, 0.25) is 0 Å². The minimum absolute atomic E-state index is 0.0861. The second kappa shape index (κ2) is 9.50. The Morgan fingerprint density at radius 1 is 0.909 bits per heavy atom. The summed E-state index contributed by atoms with van der Waals surface area (Å²) in [7, 11) is 1.64. The number of thioether (sulfide) groups is 1. The standard InChI is InChI=1S/C26H24N4O2S/c1-32-23-16-8-5-13-20(23)18-29-24(31)21-14-6-7-15-22(21)30-25(29)27-28-26(30)33-17-9-12-19-10-3-2-4-11-19/h2-8,10-11,13-16H,9,12,17-18H2,1H3. The van der Waals surface area contributed by atoms with E-state index in [0.717, 1.165) is 40.6 Å². The summed E-state index contributed by atoms with van der Waals surface area (Å²) in [6.45, 7) is 0.355. The molecule has 2 heterocycles. The number of nitrogens with zero attached hydrogens (tertiary/aromatic N) is 4. The summed E-state index contributed by atoms with van der Waals surface area (Å²) in [6, 6.07) is 25.9. The Morgan fingerprint density at radius 3 is 2.52 bits per heavy atom. The zero-order chi connectivity index (χ0) is 22.6. The molecule has 0 fully saturated rings. The van der Waals surface area contributed by atoms with Gasteiger partial charge in [-0.25, -0.2) is 0 Å². The van der Waals surface area contributed by atoms with Crippen molar-refractivity contribution < 1.29 is 4.74 Å². The maximum absolute atomic E-state index is 13.4. The average Bonchev–Trinajstić information content (AvgIpc) is 3.29. The van der Waals surface area contributed by atoms with E-state index in [9.17, 15) is 4.79 Å². The van der Waals surface area contributed by atoms with E-state index in [1.54, 1.807) is 23.4 Å². The van der Waals surface area contributed by atoms with Crippen molar-refractivity contribution in [2.24, 2.45) is 0 Å². The fourth-order valence-corrected chi connectivity index (χ4v) is 4.94. The van der Waals surface area contributed by atoms with Gasteiger partial charge in [0.1, 0.15) is 5.75 Å². The maximum Gasteiger partial charge on any atom is 0.263 e. The molecule has 0 radical (unpaired) electrons. The molecule has 0 atom stereocenters. The van der Waals surface area contributed by atoms with E-state index >= 15 is 0 Å². The van der Waals surface area contributed by atoms with Crippen LogP contribution in [-0.4, -0.2) is 32.0 Å². The normalized spacial score (nSPS) is 11.3. The molecule has 0 saturated carbocycles. The monoisotopic (exact) mass is 456 g/mol. The molecule has 0 aliphatic heterocycles. The number of hydrogen-bond donors (Lipinski definition) is 0. The predicted molar refractivity (Wildman–Crippen MR) is 132 cm³/mol. The highest BCUT2D eigenvalue weighted by Crippen LogP contribution is 2.24. The summed E-state index contributed by atoms with van der Waals surface area (Å²) in [5, 5.41) is 10.3. The molecule has 0 aliphatic rings. The molecule has 0 N–H and O–H groups in total. The lowest BCUT2D eigenvalue weighted by molar-refractivity contribution is 0.408. The molecular formula is C26H24N4O2S. The Balaban J connectivity index is 1.51. The van der Waals surface area contributed by atoms with Crippen molar-refractivity contribution in [3.05, 3.63) is 100 Å². The smallest absolute Gasteiger partial charge is 0.263 e. The predicted octanol–water partition coefficient (Wildman–Crippen LogP) is 4.83. The average molecular weight is 457 g/mol. The summed E-state index contributed by atoms with van der Waals surface area (Å²) in [5.74, 6) is 2.19. The second-order valence-corrected chi connectivity index (χ2v) is 8.84. The summed E-state index contributed by atoms with van der Waals surface area (Å²) >= 11 is 1.67. The Kier molecular flexibility index (Phi) is 6.13. The van der Waals surface area contributed by atoms with Crippen molar-refractivity contribution in [2.75, 3.05) is 12.9 Å². The van der Waals surface area contributed by atoms with Gasteiger partial charge in [-0.3, -0.25) is 13.8 Å². The van der Waals surface area contributed by atoms with E-state index in [2.05, 4.69) is 34.5 Å². The molecule has 0 bridgehead atoms. The second-order valence-electron chi connectivity index (χ2n) is 7.78. The highest BCUT2D eigenvalue weighted by atomic mass is 32.2. The van der Waals surface area contributed by atoms with Crippen molar-refractivity contribution in [3.8, 4) is 5.75 Å². The summed E-state index contributed by atoms with van der Waals surface area (Å²) in [6.07, 6.45) is 2.05. The van der Waals surface area contributed by atoms with Gasteiger partial charge >= 0.3 is 0 Å². The van der Waals surface area contributed by atoms with Gasteiger partial charge in [0.05, 0.1) is 24.6 Å². The van der Waals surface area contributed by atoms with Crippen molar-refractivity contribution >= 4 is 28.4 Å². The SMILES string of the molecule is COc1ccccc1Cn1c(=O)c2ccccc2n2c(SCCCc3ccccc3)nnc12. The first-order valence-electron chi connectivity index (χ1n) is 10.9. The van der Waals surface area contributed by atoms with E-state index in [1.165, 1.54) is 5.56 Å². The Labute approximate surface area is 195 Å². The lowest BCUT2D eigenvalue weighted by Crippen LogP contribution is -2.24. The van der Waals surface area contributed by atoms with Crippen LogP contribution in [0.5, 0.6) is 5.75 Å². The van der Waals surface area contributed by atoms with E-state index < -0.39 is 0 Å². The van der Waals surface area contributed by atoms with Crippen LogP contribution in [0.15, 0.2) is 88.8 Å². The van der Waals surface area contributed by atoms with Crippen LogP contribution in [0.1, 0.15) is 17.5 Å². The maximum atomic E-state index is 13.4. The first-order valence-corrected chi connectivity index (χ1v) is 11.9. The molecule has 7 heteroatoms. The number of aromatic nitrogens is 4. The number of methoxy groups -OCH3 is 1. The Hall–Kier alpha value is -3.58. The van der Waals surface area contributed by atoms with Gasteiger partial charge in [-0.05, 0) is 36.6 Å². The summed E-state index contributed by atoms with van der Waals surface area (Å²) in [4.78, 5) is 13.4. The molecule has 2 aromatic heterocycles. The number of rotatable bonds is 8. The van der Waals surface area contributed by atoms with Crippen LogP contribution in [-0.2, 0) is 13.0 Å². The third kappa shape index (κ3) is 4.24. The van der Waals surface area contributed by atoms with Gasteiger partial charge < -0.3 is 4.74 Å². The molecule has 33 heavy (non-hydrogen) atoms. The number of fused-ring (bicyclic) bond motifs is 3.